The van der Waals surface area contributed by atoms with Crippen LogP contribution in [-0.2, 0) is 4.74 Å². The minimum Gasteiger partial charge on any atom is -0.475 e. The van der Waals surface area contributed by atoms with Gasteiger partial charge in [-0.15, -0.1) is 0 Å². The average molecular weight is 465 g/mol. The molecule has 0 aromatic rings. The van der Waals surface area contributed by atoms with Crippen molar-refractivity contribution in [1.82, 2.24) is 0 Å². The maximum atomic E-state index is 6.27. The van der Waals surface area contributed by atoms with E-state index >= 15 is 0 Å². The lowest BCUT2D eigenvalue weighted by Crippen LogP contribution is -2.58. The zero-order valence-corrected chi connectivity index (χ0v) is 22.6. The Morgan fingerprint density at radius 1 is 0.968 bits per heavy atom. The van der Waals surface area contributed by atoms with Crippen molar-refractivity contribution in [2.75, 3.05) is 0 Å². The number of hydrogen-bond acceptors (Lipinski definition) is 2. The molecule has 9 atom stereocenters. The van der Waals surface area contributed by atoms with Crippen LogP contribution in [0.25, 0.3) is 0 Å². The summed E-state index contributed by atoms with van der Waals surface area (Å²) in [5.41, 5.74) is 0.877. The molecule has 0 N–H and O–H groups in total. The normalized spacial score (nSPS) is 45.5. The summed E-state index contributed by atoms with van der Waals surface area (Å²) in [5.74, 6) is 6.18. The number of ether oxygens (including phenoxy) is 1. The second-order valence-electron chi connectivity index (χ2n) is 12.9. The van der Waals surface area contributed by atoms with Gasteiger partial charge in [-0.1, -0.05) is 66.5 Å². The Morgan fingerprint density at radius 2 is 1.74 bits per heavy atom. The van der Waals surface area contributed by atoms with Crippen LogP contribution in [0.1, 0.15) is 112 Å². The summed E-state index contributed by atoms with van der Waals surface area (Å²) < 4.78 is 6.73. The number of hydrogen-bond donors (Lipinski definition) is 1. The molecule has 0 saturated heterocycles. The van der Waals surface area contributed by atoms with E-state index in [1.165, 1.54) is 77.0 Å². The van der Waals surface area contributed by atoms with E-state index in [2.05, 4.69) is 47.2 Å². The molecular formula is C28H48OS2. The number of thiol groups is 1. The maximum Gasteiger partial charge on any atom is 0.217 e. The van der Waals surface area contributed by atoms with E-state index in [0.717, 1.165) is 41.4 Å². The molecule has 31 heavy (non-hydrogen) atoms. The van der Waals surface area contributed by atoms with Gasteiger partial charge < -0.3 is 4.74 Å². The molecule has 0 spiro atoms. The fraction of sp³-hybridized carbons (Fsp3) is 0.964. The van der Waals surface area contributed by atoms with Crippen LogP contribution in [0.3, 0.4) is 0 Å². The first-order valence-corrected chi connectivity index (χ1v) is 14.4. The average Bonchev–Trinajstić information content (AvgIpc) is 3.05. The van der Waals surface area contributed by atoms with Crippen LogP contribution in [-0.4, -0.2) is 10.5 Å². The van der Waals surface area contributed by atoms with Gasteiger partial charge in [-0.25, -0.2) is 0 Å². The highest BCUT2D eigenvalue weighted by molar-refractivity contribution is 8.10. The first-order chi connectivity index (χ1) is 14.7. The topological polar surface area (TPSA) is 9.23 Å². The predicted molar refractivity (Wildman–Crippen MR) is 140 cm³/mol. The van der Waals surface area contributed by atoms with Crippen LogP contribution in [0.5, 0.6) is 0 Å². The van der Waals surface area contributed by atoms with Crippen molar-refractivity contribution in [2.24, 2.45) is 52.3 Å². The monoisotopic (exact) mass is 464 g/mol. The van der Waals surface area contributed by atoms with Gasteiger partial charge in [-0.3, -0.25) is 0 Å². The van der Waals surface area contributed by atoms with E-state index in [1.54, 1.807) is 0 Å². The van der Waals surface area contributed by atoms with E-state index < -0.39 is 0 Å². The van der Waals surface area contributed by atoms with Gasteiger partial charge in [-0.05, 0) is 117 Å². The van der Waals surface area contributed by atoms with Crippen molar-refractivity contribution in [1.29, 1.82) is 0 Å². The molecule has 4 fully saturated rings. The Kier molecular flexibility index (Phi) is 7.45. The van der Waals surface area contributed by atoms with Gasteiger partial charge in [0.15, 0.2) is 0 Å². The predicted octanol–water partition coefficient (Wildman–Crippen LogP) is 8.71. The molecule has 4 saturated carbocycles. The summed E-state index contributed by atoms with van der Waals surface area (Å²) in [5, 5.41) is 0. The van der Waals surface area contributed by atoms with Gasteiger partial charge in [0.2, 0.25) is 4.38 Å². The molecule has 1 nitrogen and oxygen atoms in total. The highest BCUT2D eigenvalue weighted by Crippen LogP contribution is 2.68. The molecule has 4 aliphatic carbocycles. The largest absolute Gasteiger partial charge is 0.475 e. The highest BCUT2D eigenvalue weighted by atomic mass is 32.1. The van der Waals surface area contributed by atoms with Gasteiger partial charge in [0.25, 0.3) is 0 Å². The van der Waals surface area contributed by atoms with Gasteiger partial charge in [0, 0.05) is 5.41 Å². The van der Waals surface area contributed by atoms with Crippen LogP contribution in [0.4, 0.5) is 0 Å². The Hall–Kier alpha value is 0.240. The van der Waals surface area contributed by atoms with Crippen molar-refractivity contribution < 1.29 is 4.74 Å². The van der Waals surface area contributed by atoms with Gasteiger partial charge in [0.05, 0.1) is 0 Å². The molecule has 0 bridgehead atoms. The molecule has 0 amide bonds. The SMILES string of the molecule is CC(C)CCC[C@@H](C)[C@H]1CC[C@H]2[C@@H]3CCC4CCCC(OC(=S)S)[C@]4(C)[C@H]3CC[C@]12C. The molecule has 3 heteroatoms. The van der Waals surface area contributed by atoms with E-state index in [1.807, 2.05) is 0 Å². The second-order valence-corrected chi connectivity index (χ2v) is 13.9. The van der Waals surface area contributed by atoms with Crippen molar-refractivity contribution in [3.8, 4) is 0 Å². The number of rotatable bonds is 6. The molecule has 4 rings (SSSR count). The fourth-order valence-electron chi connectivity index (χ4n) is 9.62. The standard InChI is InChI=1S/C28H48OS2/c1-18(2)8-6-9-19(3)22-14-15-23-21-13-12-20-10-7-11-25(29-26(30)31)28(20,5)24(21)16-17-27(22,23)4/h18-25H,6-17H2,1-5H3,(H,30,31)/t19-,20?,21+,22-,23+,24+,25?,27-,28+/m1/s1. The van der Waals surface area contributed by atoms with E-state index in [-0.39, 0.29) is 0 Å². The van der Waals surface area contributed by atoms with Crippen LogP contribution >= 0.6 is 24.8 Å². The Labute approximate surface area is 203 Å². The molecule has 0 aromatic carbocycles. The third-order valence-corrected chi connectivity index (χ3v) is 11.3. The summed E-state index contributed by atoms with van der Waals surface area (Å²) in [6.07, 6.45) is 17.1. The van der Waals surface area contributed by atoms with Crippen LogP contribution < -0.4 is 0 Å². The molecule has 0 aliphatic heterocycles. The summed E-state index contributed by atoms with van der Waals surface area (Å²) in [6, 6.07) is 0. The lowest BCUT2D eigenvalue weighted by atomic mass is 9.44. The molecule has 0 heterocycles. The number of fused-ring (bicyclic) bond motifs is 5. The van der Waals surface area contributed by atoms with Gasteiger partial charge in [-0.2, -0.15) is 0 Å². The first kappa shape index (κ1) is 24.4. The van der Waals surface area contributed by atoms with Crippen molar-refractivity contribution in [3.63, 3.8) is 0 Å². The van der Waals surface area contributed by atoms with Crippen molar-refractivity contribution in [3.05, 3.63) is 0 Å². The molecule has 0 aromatic heterocycles. The van der Waals surface area contributed by atoms with Crippen LogP contribution in [0, 0.1) is 52.3 Å². The smallest absolute Gasteiger partial charge is 0.217 e. The minimum absolute atomic E-state index is 0.292. The summed E-state index contributed by atoms with van der Waals surface area (Å²) >= 11 is 9.67. The summed E-state index contributed by atoms with van der Waals surface area (Å²) in [6.45, 7) is 12.6. The van der Waals surface area contributed by atoms with E-state index in [4.69, 9.17) is 17.0 Å². The van der Waals surface area contributed by atoms with E-state index in [0.29, 0.717) is 21.3 Å². The lowest BCUT2D eigenvalue weighted by Gasteiger charge is -2.62. The second kappa shape index (κ2) is 9.47. The zero-order chi connectivity index (χ0) is 22.4. The minimum atomic E-state index is 0.292. The van der Waals surface area contributed by atoms with Gasteiger partial charge in [0.1, 0.15) is 6.10 Å². The number of thiocarbonyl (C=S) groups is 1. The zero-order valence-electron chi connectivity index (χ0n) is 20.9. The Morgan fingerprint density at radius 3 is 2.45 bits per heavy atom. The van der Waals surface area contributed by atoms with Gasteiger partial charge >= 0.3 is 0 Å². The summed E-state index contributed by atoms with van der Waals surface area (Å²) in [7, 11) is 0. The summed E-state index contributed by atoms with van der Waals surface area (Å²) in [4.78, 5) is 0. The molecule has 0 radical (unpaired) electrons. The molecule has 2 unspecified atom stereocenters. The lowest BCUT2D eigenvalue weighted by molar-refractivity contribution is -0.159. The van der Waals surface area contributed by atoms with Crippen LogP contribution in [0.2, 0.25) is 0 Å². The van der Waals surface area contributed by atoms with E-state index in [9.17, 15) is 0 Å². The quantitative estimate of drug-likeness (QED) is 0.311. The third kappa shape index (κ3) is 4.38. The van der Waals surface area contributed by atoms with Crippen molar-refractivity contribution in [2.45, 2.75) is 118 Å². The highest BCUT2D eigenvalue weighted by Gasteiger charge is 2.62. The maximum absolute atomic E-state index is 6.27. The first-order valence-electron chi connectivity index (χ1n) is 13.6. The molecule has 4 aliphatic rings. The van der Waals surface area contributed by atoms with Crippen molar-refractivity contribution >= 4 is 29.2 Å². The fourth-order valence-corrected chi connectivity index (χ4v) is 9.86. The molecule has 178 valence electrons. The van der Waals surface area contributed by atoms with Crippen LogP contribution in [0.15, 0.2) is 0 Å². The molecular weight excluding hydrogens is 416 g/mol. The Balaban J connectivity index is 1.51. The third-order valence-electron chi connectivity index (χ3n) is 11.1. The Bertz CT molecular complexity index is 647.